The molecule has 0 fully saturated rings. The van der Waals surface area contributed by atoms with E-state index >= 15 is 0 Å². The normalized spacial score (nSPS) is 12.5. The zero-order valence-corrected chi connectivity index (χ0v) is 17.1. The van der Waals surface area contributed by atoms with Crippen LogP contribution in [0.2, 0.25) is 5.02 Å². The number of benzene rings is 2. The molecule has 1 N–H and O–H groups in total. The van der Waals surface area contributed by atoms with E-state index in [0.29, 0.717) is 10.0 Å². The summed E-state index contributed by atoms with van der Waals surface area (Å²) in [6.07, 6.45) is 0. The molecule has 0 saturated carbocycles. The van der Waals surface area contributed by atoms with Crippen molar-refractivity contribution in [1.82, 2.24) is 5.32 Å². The van der Waals surface area contributed by atoms with E-state index in [4.69, 9.17) is 11.6 Å². The summed E-state index contributed by atoms with van der Waals surface area (Å²) in [5, 5.41) is 3.44. The average Bonchev–Trinajstić information content (AvgIpc) is 2.46. The van der Waals surface area contributed by atoms with Gasteiger partial charge in [-0.15, -0.1) is 0 Å². The van der Waals surface area contributed by atoms with E-state index in [1.807, 2.05) is 25.1 Å². The molecule has 0 aliphatic carbocycles. The predicted octanol–water partition coefficient (Wildman–Crippen LogP) is 6.31. The van der Waals surface area contributed by atoms with E-state index in [0.717, 1.165) is 20.2 Å². The van der Waals surface area contributed by atoms with E-state index < -0.39 is 5.82 Å². The van der Waals surface area contributed by atoms with Crippen LogP contribution < -0.4 is 5.32 Å². The van der Waals surface area contributed by atoms with Crippen molar-refractivity contribution >= 4 is 66.1 Å². The lowest BCUT2D eigenvalue weighted by molar-refractivity contribution is 0.557. The lowest BCUT2D eigenvalue weighted by atomic mass is 9.98. The van der Waals surface area contributed by atoms with Gasteiger partial charge in [-0.3, -0.25) is 0 Å². The highest BCUT2D eigenvalue weighted by atomic mass is 127. The summed E-state index contributed by atoms with van der Waals surface area (Å²) in [4.78, 5) is 0. The molecule has 1 nitrogen and oxygen atoms in total. The zero-order chi connectivity index (χ0) is 15.6. The van der Waals surface area contributed by atoms with Crippen LogP contribution in [0.25, 0.3) is 0 Å². The maximum Gasteiger partial charge on any atom is 0.148 e. The monoisotopic (exact) mass is 545 g/mol. The van der Waals surface area contributed by atoms with Crippen LogP contribution in [0, 0.1) is 9.39 Å². The maximum atomic E-state index is 14.5. The van der Waals surface area contributed by atoms with Crippen molar-refractivity contribution in [2.45, 2.75) is 13.0 Å². The second-order valence-electron chi connectivity index (χ2n) is 4.42. The Bertz CT molecular complexity index is 666. The van der Waals surface area contributed by atoms with Crippen LogP contribution >= 0.6 is 66.1 Å². The molecule has 2 aromatic rings. The van der Waals surface area contributed by atoms with E-state index in [1.165, 1.54) is 0 Å². The van der Waals surface area contributed by atoms with Crippen molar-refractivity contribution in [3.63, 3.8) is 0 Å². The average molecular weight is 547 g/mol. The van der Waals surface area contributed by atoms with Gasteiger partial charge in [-0.2, -0.15) is 0 Å². The van der Waals surface area contributed by atoms with E-state index in [1.54, 1.807) is 12.1 Å². The standard InChI is InChI=1S/C15H12Br2ClFIN/c1-2-21-15(10-7-8(16)3-6-12(10)20)9-4-5-11(17)13(18)14(9)19/h3-7,15,21H,2H2,1H3. The molecule has 6 heteroatoms. The molecule has 2 aromatic carbocycles. The van der Waals surface area contributed by atoms with Gasteiger partial charge in [0.2, 0.25) is 0 Å². The van der Waals surface area contributed by atoms with Crippen LogP contribution in [0.4, 0.5) is 4.39 Å². The third-order valence-electron chi connectivity index (χ3n) is 3.05. The Kier molecular flexibility index (Phi) is 6.50. The van der Waals surface area contributed by atoms with Crippen LogP contribution in [-0.4, -0.2) is 6.54 Å². The molecule has 0 aliphatic rings. The van der Waals surface area contributed by atoms with Crippen molar-refractivity contribution in [3.05, 3.63) is 64.8 Å². The van der Waals surface area contributed by atoms with Gasteiger partial charge in [-0.05, 0) is 74.9 Å². The molecule has 1 unspecified atom stereocenters. The van der Waals surface area contributed by atoms with Gasteiger partial charge in [0, 0.05) is 18.1 Å². The van der Waals surface area contributed by atoms with Crippen molar-refractivity contribution in [3.8, 4) is 0 Å². The van der Waals surface area contributed by atoms with Gasteiger partial charge < -0.3 is 5.32 Å². The molecule has 1 atom stereocenters. The molecule has 0 spiro atoms. The Labute approximate surface area is 159 Å². The van der Waals surface area contributed by atoms with Crippen molar-refractivity contribution in [2.24, 2.45) is 0 Å². The Balaban J connectivity index is 2.59. The lowest BCUT2D eigenvalue weighted by Gasteiger charge is -2.22. The quantitative estimate of drug-likeness (QED) is 0.350. The van der Waals surface area contributed by atoms with Crippen LogP contribution in [0.1, 0.15) is 24.1 Å². The Morgan fingerprint density at radius 3 is 2.62 bits per heavy atom. The first-order chi connectivity index (χ1) is 9.95. The second kappa shape index (κ2) is 7.73. The van der Waals surface area contributed by atoms with Gasteiger partial charge in [0.05, 0.1) is 11.1 Å². The highest BCUT2D eigenvalue weighted by molar-refractivity contribution is 14.1. The summed E-state index contributed by atoms with van der Waals surface area (Å²) in [6, 6.07) is 9.27. The van der Waals surface area contributed by atoms with Crippen molar-refractivity contribution in [2.75, 3.05) is 6.54 Å². The number of rotatable bonds is 4. The summed E-state index contributed by atoms with van der Waals surface area (Å²) >= 11 is 15.0. The molecule has 0 heterocycles. The van der Waals surface area contributed by atoms with Gasteiger partial charge >= 0.3 is 0 Å². The molecule has 0 aliphatic heterocycles. The first-order valence-corrected chi connectivity index (χ1v) is 9.31. The minimum absolute atomic E-state index is 0.111. The number of hydrogen-bond acceptors (Lipinski definition) is 1. The van der Waals surface area contributed by atoms with Crippen LogP contribution in [-0.2, 0) is 0 Å². The number of halogens is 5. The summed E-state index contributed by atoms with van der Waals surface area (Å²) in [5.74, 6) is -0.396. The highest BCUT2D eigenvalue weighted by Gasteiger charge is 2.22. The first-order valence-electron chi connectivity index (χ1n) is 6.27. The topological polar surface area (TPSA) is 12.0 Å². The fourth-order valence-electron chi connectivity index (χ4n) is 2.09. The molecular weight excluding hydrogens is 535 g/mol. The minimum Gasteiger partial charge on any atom is -0.306 e. The molecular formula is C15H12Br2ClFIN. The first kappa shape index (κ1) is 17.7. The third-order valence-corrected chi connectivity index (χ3v) is 5.79. The zero-order valence-electron chi connectivity index (χ0n) is 11.1. The summed E-state index contributed by atoms with van der Waals surface area (Å²) < 4.78 is 17.1. The van der Waals surface area contributed by atoms with Gasteiger partial charge in [-0.25, -0.2) is 4.39 Å². The van der Waals surface area contributed by atoms with E-state index in [2.05, 4.69) is 59.8 Å². The third kappa shape index (κ3) is 3.99. The highest BCUT2D eigenvalue weighted by Crippen LogP contribution is 2.35. The van der Waals surface area contributed by atoms with Gasteiger partial charge in [0.15, 0.2) is 0 Å². The Hall–Kier alpha value is 0.310. The molecule has 0 radical (unpaired) electrons. The van der Waals surface area contributed by atoms with Crippen LogP contribution in [0.3, 0.4) is 0 Å². The molecule has 0 saturated heterocycles. The van der Waals surface area contributed by atoms with Gasteiger partial charge in [0.25, 0.3) is 0 Å². The fourth-order valence-corrected chi connectivity index (χ4v) is 3.60. The Morgan fingerprint density at radius 2 is 1.95 bits per heavy atom. The molecule has 0 amide bonds. The molecule has 0 bridgehead atoms. The Morgan fingerprint density at radius 1 is 1.24 bits per heavy atom. The predicted molar refractivity (Wildman–Crippen MR) is 101 cm³/mol. The lowest BCUT2D eigenvalue weighted by Crippen LogP contribution is -2.24. The molecule has 2 rings (SSSR count). The van der Waals surface area contributed by atoms with Gasteiger partial charge in [0.1, 0.15) is 5.82 Å². The summed E-state index contributed by atoms with van der Waals surface area (Å²) in [5.41, 5.74) is 1.56. The fraction of sp³-hybridized carbons (Fsp3) is 0.200. The molecule has 0 aromatic heterocycles. The van der Waals surface area contributed by atoms with Crippen molar-refractivity contribution in [1.29, 1.82) is 0 Å². The van der Waals surface area contributed by atoms with Crippen molar-refractivity contribution < 1.29 is 4.39 Å². The number of nitrogens with one attached hydrogen (secondary N) is 1. The summed E-state index contributed by atoms with van der Waals surface area (Å²) in [6.45, 7) is 2.72. The van der Waals surface area contributed by atoms with Crippen LogP contribution in [0.15, 0.2) is 39.3 Å². The second-order valence-corrected chi connectivity index (χ2v) is 7.73. The molecule has 112 valence electrons. The van der Waals surface area contributed by atoms with E-state index in [-0.39, 0.29) is 11.1 Å². The van der Waals surface area contributed by atoms with Crippen LogP contribution in [0.5, 0.6) is 0 Å². The molecule has 21 heavy (non-hydrogen) atoms. The SMILES string of the molecule is CCNC(c1cc(Br)ccc1I)c1ccc(Br)c(Cl)c1F. The summed E-state index contributed by atoms with van der Waals surface area (Å²) in [7, 11) is 0. The smallest absolute Gasteiger partial charge is 0.148 e. The van der Waals surface area contributed by atoms with Gasteiger partial charge in [-0.1, -0.05) is 40.5 Å². The van der Waals surface area contributed by atoms with E-state index in [9.17, 15) is 4.39 Å². The minimum atomic E-state index is -0.396. The number of hydrogen-bond donors (Lipinski definition) is 1. The maximum absolute atomic E-state index is 14.5. The largest absolute Gasteiger partial charge is 0.306 e.